The van der Waals surface area contributed by atoms with E-state index in [9.17, 15) is 4.79 Å². The van der Waals surface area contributed by atoms with Gasteiger partial charge in [0.05, 0.1) is 26.6 Å². The molecule has 104 valence electrons. The van der Waals surface area contributed by atoms with Gasteiger partial charge in [-0.3, -0.25) is 4.79 Å². The molecule has 1 aliphatic heterocycles. The molecule has 0 radical (unpaired) electrons. The van der Waals surface area contributed by atoms with Crippen LogP contribution in [0.4, 0.5) is 0 Å². The van der Waals surface area contributed by atoms with Crippen LogP contribution in [0.5, 0.6) is 11.5 Å². The quantitative estimate of drug-likeness (QED) is 0.882. The fourth-order valence-corrected chi connectivity index (χ4v) is 3.29. The molecule has 6 heteroatoms. The van der Waals surface area contributed by atoms with E-state index in [0.29, 0.717) is 23.8 Å². The number of nitrogens with zero attached hydrogens (tertiary/aromatic N) is 1. The van der Waals surface area contributed by atoms with E-state index in [4.69, 9.17) is 14.6 Å². The molecule has 19 heavy (non-hydrogen) atoms. The number of rotatable bonds is 5. The topological polar surface area (TPSA) is 59.0 Å². The largest absolute Gasteiger partial charge is 0.493 e. The van der Waals surface area contributed by atoms with Crippen molar-refractivity contribution in [3.05, 3.63) is 23.8 Å². The molecular weight excluding hydrogens is 266 g/mol. The molecule has 1 unspecified atom stereocenters. The van der Waals surface area contributed by atoms with Crippen LogP contribution < -0.4 is 9.47 Å². The maximum atomic E-state index is 11.8. The predicted molar refractivity (Wildman–Crippen MR) is 73.5 cm³/mol. The number of hydrogen-bond donors (Lipinski definition) is 1. The SMILES string of the molecule is COc1ccc(C2SCC(=O)N2CCO)cc1OC. The van der Waals surface area contributed by atoms with Gasteiger partial charge in [-0.1, -0.05) is 6.07 Å². The molecule has 0 aromatic heterocycles. The Hall–Kier alpha value is -1.40. The molecule has 0 spiro atoms. The molecule has 1 heterocycles. The van der Waals surface area contributed by atoms with Gasteiger partial charge in [0, 0.05) is 6.54 Å². The van der Waals surface area contributed by atoms with Gasteiger partial charge >= 0.3 is 0 Å². The zero-order valence-corrected chi connectivity index (χ0v) is 11.8. The average molecular weight is 283 g/mol. The van der Waals surface area contributed by atoms with E-state index in [1.165, 1.54) is 0 Å². The van der Waals surface area contributed by atoms with Crippen molar-refractivity contribution < 1.29 is 19.4 Å². The standard InChI is InChI=1S/C13H17NO4S/c1-17-10-4-3-9(7-11(10)18-2)13-14(5-6-15)12(16)8-19-13/h3-4,7,13,15H,5-6,8H2,1-2H3. The highest BCUT2D eigenvalue weighted by molar-refractivity contribution is 8.00. The van der Waals surface area contributed by atoms with Crippen molar-refractivity contribution in [1.29, 1.82) is 0 Å². The highest BCUT2D eigenvalue weighted by atomic mass is 32.2. The number of β-amino-alcohol motifs (C(OH)–C–C–N with tert-alkyl or cyclic N) is 1. The first-order valence-corrected chi connectivity index (χ1v) is 7.00. The highest BCUT2D eigenvalue weighted by Gasteiger charge is 2.32. The van der Waals surface area contributed by atoms with Crippen LogP contribution >= 0.6 is 11.8 Å². The van der Waals surface area contributed by atoms with E-state index in [1.54, 1.807) is 30.9 Å². The third-order valence-corrected chi connectivity index (χ3v) is 4.26. The number of amides is 1. The summed E-state index contributed by atoms with van der Waals surface area (Å²) in [6, 6.07) is 5.62. The first kappa shape index (κ1) is 14.0. The second-order valence-electron chi connectivity index (χ2n) is 4.09. The molecule has 1 aliphatic rings. The van der Waals surface area contributed by atoms with E-state index in [2.05, 4.69) is 0 Å². The summed E-state index contributed by atoms with van der Waals surface area (Å²) in [4.78, 5) is 13.4. The monoisotopic (exact) mass is 283 g/mol. The maximum absolute atomic E-state index is 11.8. The summed E-state index contributed by atoms with van der Waals surface area (Å²) in [6.07, 6.45) is 0. The smallest absolute Gasteiger partial charge is 0.233 e. The molecule has 1 atom stereocenters. The third-order valence-electron chi connectivity index (χ3n) is 3.00. The second kappa shape index (κ2) is 6.16. The Morgan fingerprint density at radius 3 is 2.74 bits per heavy atom. The molecule has 0 aliphatic carbocycles. The molecular formula is C13H17NO4S. The number of aliphatic hydroxyl groups excluding tert-OH is 1. The number of hydrogen-bond acceptors (Lipinski definition) is 5. The number of aliphatic hydroxyl groups is 1. The van der Waals surface area contributed by atoms with Crippen molar-refractivity contribution in [3.8, 4) is 11.5 Å². The van der Waals surface area contributed by atoms with Gasteiger partial charge in [-0.05, 0) is 17.7 Å². The van der Waals surface area contributed by atoms with E-state index in [1.807, 2.05) is 18.2 Å². The van der Waals surface area contributed by atoms with Gasteiger partial charge in [0.25, 0.3) is 0 Å². The summed E-state index contributed by atoms with van der Waals surface area (Å²) in [6.45, 7) is 0.320. The number of ether oxygens (including phenoxy) is 2. The number of benzene rings is 1. The van der Waals surface area contributed by atoms with Crippen molar-refractivity contribution in [2.24, 2.45) is 0 Å². The van der Waals surface area contributed by atoms with Gasteiger partial charge in [0.15, 0.2) is 11.5 Å². The van der Waals surface area contributed by atoms with Crippen molar-refractivity contribution >= 4 is 17.7 Å². The van der Waals surface area contributed by atoms with Crippen molar-refractivity contribution in [1.82, 2.24) is 4.90 Å². The fraction of sp³-hybridized carbons (Fsp3) is 0.462. The van der Waals surface area contributed by atoms with Crippen molar-refractivity contribution in [2.75, 3.05) is 33.1 Å². The number of carbonyl (C=O) groups is 1. The normalized spacial score (nSPS) is 18.8. The zero-order valence-electron chi connectivity index (χ0n) is 11.0. The summed E-state index contributed by atoms with van der Waals surface area (Å²) in [5.41, 5.74) is 0.974. The minimum Gasteiger partial charge on any atom is -0.493 e. The number of carbonyl (C=O) groups excluding carboxylic acids is 1. The van der Waals surface area contributed by atoms with Crippen LogP contribution in [-0.2, 0) is 4.79 Å². The van der Waals surface area contributed by atoms with Gasteiger partial charge in [0.1, 0.15) is 5.37 Å². The van der Waals surface area contributed by atoms with Gasteiger partial charge in [-0.2, -0.15) is 0 Å². The zero-order chi connectivity index (χ0) is 13.8. The van der Waals surface area contributed by atoms with Crippen LogP contribution in [-0.4, -0.2) is 49.0 Å². The Bertz CT molecular complexity index is 466. The molecule has 1 N–H and O–H groups in total. The van der Waals surface area contributed by atoms with Crippen molar-refractivity contribution in [3.63, 3.8) is 0 Å². The summed E-state index contributed by atoms with van der Waals surface area (Å²) in [5, 5.41) is 8.97. The Morgan fingerprint density at radius 2 is 2.11 bits per heavy atom. The Morgan fingerprint density at radius 1 is 1.37 bits per heavy atom. The van der Waals surface area contributed by atoms with Crippen LogP contribution in [0.25, 0.3) is 0 Å². The maximum Gasteiger partial charge on any atom is 0.233 e. The molecule has 1 fully saturated rings. The lowest BCUT2D eigenvalue weighted by Gasteiger charge is -2.23. The van der Waals surface area contributed by atoms with Crippen LogP contribution in [0.2, 0.25) is 0 Å². The Labute approximate surface area is 116 Å². The average Bonchev–Trinajstić information content (AvgIpc) is 2.80. The van der Waals surface area contributed by atoms with E-state index in [0.717, 1.165) is 5.56 Å². The summed E-state index contributed by atoms with van der Waals surface area (Å²) in [7, 11) is 3.17. The van der Waals surface area contributed by atoms with Crippen LogP contribution in [0.15, 0.2) is 18.2 Å². The van der Waals surface area contributed by atoms with E-state index >= 15 is 0 Å². The lowest BCUT2D eigenvalue weighted by molar-refractivity contribution is -0.128. The molecule has 1 aromatic rings. The van der Waals surface area contributed by atoms with Crippen LogP contribution in [0.1, 0.15) is 10.9 Å². The molecule has 0 bridgehead atoms. The van der Waals surface area contributed by atoms with Crippen LogP contribution in [0, 0.1) is 0 Å². The van der Waals surface area contributed by atoms with Crippen LogP contribution in [0.3, 0.4) is 0 Å². The summed E-state index contributed by atoms with van der Waals surface area (Å²) in [5.74, 6) is 1.80. The Balaban J connectivity index is 2.28. The molecule has 1 amide bonds. The third kappa shape index (κ3) is 2.79. The van der Waals surface area contributed by atoms with Gasteiger partial charge in [-0.15, -0.1) is 11.8 Å². The van der Waals surface area contributed by atoms with E-state index < -0.39 is 0 Å². The number of methoxy groups -OCH3 is 2. The Kier molecular flexibility index (Phi) is 4.55. The summed E-state index contributed by atoms with van der Waals surface area (Å²) < 4.78 is 10.5. The minimum atomic E-state index is -0.0699. The lowest BCUT2D eigenvalue weighted by atomic mass is 10.2. The van der Waals surface area contributed by atoms with E-state index in [-0.39, 0.29) is 17.9 Å². The second-order valence-corrected chi connectivity index (χ2v) is 5.16. The molecule has 0 saturated carbocycles. The minimum absolute atomic E-state index is 0.0317. The fourth-order valence-electron chi connectivity index (χ4n) is 2.09. The number of thioether (sulfide) groups is 1. The van der Waals surface area contributed by atoms with Gasteiger partial charge in [0.2, 0.25) is 5.91 Å². The highest BCUT2D eigenvalue weighted by Crippen LogP contribution is 2.41. The molecule has 1 aromatic carbocycles. The lowest BCUT2D eigenvalue weighted by Crippen LogP contribution is -2.30. The summed E-state index contributed by atoms with van der Waals surface area (Å²) >= 11 is 1.55. The molecule has 1 saturated heterocycles. The van der Waals surface area contributed by atoms with Gasteiger partial charge < -0.3 is 19.5 Å². The molecule has 5 nitrogen and oxygen atoms in total. The molecule has 2 rings (SSSR count). The first-order valence-electron chi connectivity index (χ1n) is 5.95. The van der Waals surface area contributed by atoms with Gasteiger partial charge in [-0.25, -0.2) is 0 Å². The van der Waals surface area contributed by atoms with Crippen molar-refractivity contribution in [2.45, 2.75) is 5.37 Å². The predicted octanol–water partition coefficient (Wildman–Crippen LogP) is 1.27. The first-order chi connectivity index (χ1) is 9.21.